The third-order valence-electron chi connectivity index (χ3n) is 2.38. The molecule has 0 bridgehead atoms. The highest BCUT2D eigenvalue weighted by molar-refractivity contribution is 6.35. The Balaban J connectivity index is 2.29. The molecule has 2 aromatic rings. The molecule has 2 rings (SSSR count). The average molecular weight is 287 g/mol. The van der Waals surface area contributed by atoms with Crippen LogP contribution in [0.2, 0.25) is 10.0 Å². The highest BCUT2D eigenvalue weighted by Gasteiger charge is 2.17. The largest absolute Gasteiger partial charge is 0.337 e. The molecule has 1 atom stereocenters. The molecule has 0 aliphatic rings. The zero-order valence-electron chi connectivity index (χ0n) is 9.73. The molecule has 18 heavy (non-hydrogen) atoms. The van der Waals surface area contributed by atoms with Gasteiger partial charge in [-0.2, -0.15) is 4.98 Å². The molecular weight excluding hydrogens is 275 g/mol. The van der Waals surface area contributed by atoms with E-state index in [2.05, 4.69) is 15.1 Å². The van der Waals surface area contributed by atoms with Crippen molar-refractivity contribution in [3.63, 3.8) is 0 Å². The number of aromatic nitrogens is 3. The van der Waals surface area contributed by atoms with Crippen molar-refractivity contribution in [2.24, 2.45) is 5.73 Å². The van der Waals surface area contributed by atoms with Crippen LogP contribution in [0.5, 0.6) is 0 Å². The maximum Gasteiger partial charge on any atom is 0.243 e. The summed E-state index contributed by atoms with van der Waals surface area (Å²) in [7, 11) is 0. The number of hydrogen-bond donors (Lipinski definition) is 1. The lowest BCUT2D eigenvalue weighted by Crippen LogP contribution is -2.09. The predicted molar refractivity (Wildman–Crippen MR) is 69.4 cm³/mol. The third kappa shape index (κ3) is 2.80. The molecule has 0 radical (unpaired) electrons. The fourth-order valence-corrected chi connectivity index (χ4v) is 1.96. The van der Waals surface area contributed by atoms with Crippen LogP contribution in [0.25, 0.3) is 11.5 Å². The van der Waals surface area contributed by atoms with E-state index >= 15 is 0 Å². The van der Waals surface area contributed by atoms with Gasteiger partial charge in [0, 0.05) is 6.20 Å². The van der Waals surface area contributed by atoms with Gasteiger partial charge in [-0.05, 0) is 12.5 Å². The minimum Gasteiger partial charge on any atom is -0.337 e. The summed E-state index contributed by atoms with van der Waals surface area (Å²) in [6, 6.07) is 1.32. The molecule has 0 unspecified atom stereocenters. The molecule has 0 saturated carbocycles. The SMILES string of the molecule is CCC[C@@H](N)c1nc(-c2ncc(Cl)cc2Cl)no1. The molecule has 0 aromatic carbocycles. The Bertz CT molecular complexity index is 544. The van der Waals surface area contributed by atoms with Crippen molar-refractivity contribution in [1.29, 1.82) is 0 Å². The summed E-state index contributed by atoms with van der Waals surface area (Å²) in [6.07, 6.45) is 3.20. The quantitative estimate of drug-likeness (QED) is 0.933. The number of rotatable bonds is 4. The van der Waals surface area contributed by atoms with E-state index in [-0.39, 0.29) is 6.04 Å². The van der Waals surface area contributed by atoms with Crippen molar-refractivity contribution in [1.82, 2.24) is 15.1 Å². The summed E-state index contributed by atoms with van der Waals surface area (Å²) in [5.41, 5.74) is 6.32. The van der Waals surface area contributed by atoms with E-state index in [4.69, 9.17) is 33.5 Å². The number of nitrogens with two attached hydrogens (primary N) is 1. The molecule has 0 amide bonds. The summed E-state index contributed by atoms with van der Waals surface area (Å²) in [5.74, 6) is 0.706. The van der Waals surface area contributed by atoms with Gasteiger partial charge >= 0.3 is 0 Å². The second kappa shape index (κ2) is 5.65. The predicted octanol–water partition coefficient (Wildman–Crippen LogP) is 3.24. The van der Waals surface area contributed by atoms with Gasteiger partial charge in [-0.3, -0.25) is 0 Å². The van der Waals surface area contributed by atoms with Crippen LogP contribution in [0.4, 0.5) is 0 Å². The normalized spacial score (nSPS) is 12.7. The lowest BCUT2D eigenvalue weighted by molar-refractivity contribution is 0.348. The van der Waals surface area contributed by atoms with E-state index in [1.54, 1.807) is 6.07 Å². The van der Waals surface area contributed by atoms with Crippen molar-refractivity contribution in [3.8, 4) is 11.5 Å². The van der Waals surface area contributed by atoms with Gasteiger partial charge in [0.15, 0.2) is 0 Å². The minimum absolute atomic E-state index is 0.262. The second-order valence-electron chi connectivity index (χ2n) is 3.84. The van der Waals surface area contributed by atoms with E-state index in [1.165, 1.54) is 6.20 Å². The molecular formula is C11H12Cl2N4O. The topological polar surface area (TPSA) is 77.8 Å². The van der Waals surface area contributed by atoms with Crippen molar-refractivity contribution < 1.29 is 4.52 Å². The molecule has 0 aliphatic carbocycles. The van der Waals surface area contributed by atoms with Gasteiger partial charge in [-0.25, -0.2) is 4.98 Å². The first kappa shape index (κ1) is 13.3. The van der Waals surface area contributed by atoms with Gasteiger partial charge in [-0.15, -0.1) is 0 Å². The molecule has 2 heterocycles. The summed E-state index contributed by atoms with van der Waals surface area (Å²) in [4.78, 5) is 8.27. The zero-order valence-corrected chi connectivity index (χ0v) is 11.2. The van der Waals surface area contributed by atoms with Crippen LogP contribution in [0.15, 0.2) is 16.8 Å². The Hall–Kier alpha value is -1.17. The maximum atomic E-state index is 6.01. The Morgan fingerprint density at radius 1 is 1.44 bits per heavy atom. The Kier molecular flexibility index (Phi) is 4.16. The van der Waals surface area contributed by atoms with Gasteiger partial charge in [0.05, 0.1) is 16.1 Å². The van der Waals surface area contributed by atoms with E-state index in [0.717, 1.165) is 12.8 Å². The van der Waals surface area contributed by atoms with Gasteiger partial charge in [0.25, 0.3) is 0 Å². The van der Waals surface area contributed by atoms with Gasteiger partial charge in [0.1, 0.15) is 5.69 Å². The van der Waals surface area contributed by atoms with Crippen molar-refractivity contribution >= 4 is 23.2 Å². The lowest BCUT2D eigenvalue weighted by atomic mass is 10.2. The molecule has 0 aliphatic heterocycles. The molecule has 0 fully saturated rings. The van der Waals surface area contributed by atoms with E-state index in [0.29, 0.717) is 27.5 Å². The molecule has 5 nitrogen and oxygen atoms in total. The Morgan fingerprint density at radius 3 is 2.89 bits per heavy atom. The molecule has 0 saturated heterocycles. The molecule has 2 N–H and O–H groups in total. The number of halogens is 2. The van der Waals surface area contributed by atoms with Crippen molar-refractivity contribution in [2.45, 2.75) is 25.8 Å². The molecule has 0 spiro atoms. The average Bonchev–Trinajstić information content (AvgIpc) is 2.78. The summed E-state index contributed by atoms with van der Waals surface area (Å²) < 4.78 is 5.10. The van der Waals surface area contributed by atoms with Crippen molar-refractivity contribution in [3.05, 3.63) is 28.2 Å². The number of hydrogen-bond acceptors (Lipinski definition) is 5. The molecule has 7 heteroatoms. The molecule has 96 valence electrons. The van der Waals surface area contributed by atoms with Crippen LogP contribution < -0.4 is 5.73 Å². The Morgan fingerprint density at radius 2 is 2.22 bits per heavy atom. The van der Waals surface area contributed by atoms with Crippen LogP contribution >= 0.6 is 23.2 Å². The fourth-order valence-electron chi connectivity index (χ4n) is 1.50. The van der Waals surface area contributed by atoms with Crippen LogP contribution in [-0.2, 0) is 0 Å². The number of nitrogens with zero attached hydrogens (tertiary/aromatic N) is 3. The summed E-state index contributed by atoms with van der Waals surface area (Å²) >= 11 is 11.8. The van der Waals surface area contributed by atoms with Crippen LogP contribution in [0.1, 0.15) is 31.7 Å². The zero-order chi connectivity index (χ0) is 13.1. The fraction of sp³-hybridized carbons (Fsp3) is 0.364. The van der Waals surface area contributed by atoms with E-state index in [1.807, 2.05) is 6.92 Å². The van der Waals surface area contributed by atoms with Crippen LogP contribution in [0, 0.1) is 0 Å². The first-order chi connectivity index (χ1) is 8.61. The Labute approximate surface area is 114 Å². The highest BCUT2D eigenvalue weighted by atomic mass is 35.5. The van der Waals surface area contributed by atoms with Crippen LogP contribution in [-0.4, -0.2) is 15.1 Å². The van der Waals surface area contributed by atoms with Crippen LogP contribution in [0.3, 0.4) is 0 Å². The monoisotopic (exact) mass is 286 g/mol. The summed E-state index contributed by atoms with van der Waals surface area (Å²) in [6.45, 7) is 2.04. The van der Waals surface area contributed by atoms with E-state index < -0.39 is 0 Å². The maximum absolute atomic E-state index is 6.01. The van der Waals surface area contributed by atoms with E-state index in [9.17, 15) is 0 Å². The highest BCUT2D eigenvalue weighted by Crippen LogP contribution is 2.26. The standard InChI is InChI=1S/C11H12Cl2N4O/c1-2-3-8(14)11-16-10(17-18-11)9-7(13)4-6(12)5-15-9/h4-5,8H,2-3,14H2,1H3/t8-/m1/s1. The first-order valence-electron chi connectivity index (χ1n) is 5.52. The third-order valence-corrected chi connectivity index (χ3v) is 2.87. The summed E-state index contributed by atoms with van der Waals surface area (Å²) in [5, 5.41) is 4.65. The number of pyridine rings is 1. The lowest BCUT2D eigenvalue weighted by Gasteiger charge is -2.02. The molecule has 2 aromatic heterocycles. The van der Waals surface area contributed by atoms with Gasteiger partial charge in [0.2, 0.25) is 11.7 Å². The minimum atomic E-state index is -0.262. The van der Waals surface area contributed by atoms with Gasteiger partial charge < -0.3 is 10.3 Å². The smallest absolute Gasteiger partial charge is 0.243 e. The second-order valence-corrected chi connectivity index (χ2v) is 4.68. The first-order valence-corrected chi connectivity index (χ1v) is 6.28. The van der Waals surface area contributed by atoms with Crippen molar-refractivity contribution in [2.75, 3.05) is 0 Å². The van der Waals surface area contributed by atoms with Gasteiger partial charge in [-0.1, -0.05) is 41.7 Å².